The van der Waals surface area contributed by atoms with Gasteiger partial charge in [0.1, 0.15) is 11.9 Å². The molecule has 1 fully saturated rings. The van der Waals surface area contributed by atoms with Crippen LogP contribution in [0.25, 0.3) is 0 Å². The highest BCUT2D eigenvalue weighted by atomic mass is 16.5. The van der Waals surface area contributed by atoms with E-state index in [9.17, 15) is 0 Å². The molecule has 0 aromatic carbocycles. The summed E-state index contributed by atoms with van der Waals surface area (Å²) in [6.45, 7) is 7.42. The molecule has 0 radical (unpaired) electrons. The molecule has 1 saturated heterocycles. The zero-order valence-corrected chi connectivity index (χ0v) is 12.8. The normalized spacial score (nSPS) is 20.3. The van der Waals surface area contributed by atoms with E-state index in [1.807, 2.05) is 19.4 Å². The molecule has 3 heterocycles. The first-order chi connectivity index (χ1) is 10.1. The molecule has 1 aliphatic heterocycles. The Morgan fingerprint density at radius 2 is 2.33 bits per heavy atom. The molecule has 0 unspecified atom stereocenters. The molecular formula is C14H22N6O. The molecule has 7 nitrogen and oxygen atoms in total. The van der Waals surface area contributed by atoms with Crippen LogP contribution in [0.1, 0.15) is 43.3 Å². The molecule has 0 bridgehead atoms. The number of nitrogens with zero attached hydrogens (tertiary/aromatic N) is 5. The summed E-state index contributed by atoms with van der Waals surface area (Å²) in [6.07, 6.45) is 3.76. The number of aromatic nitrogens is 5. The van der Waals surface area contributed by atoms with Gasteiger partial charge in [-0.25, -0.2) is 9.97 Å². The van der Waals surface area contributed by atoms with Crippen LogP contribution < -0.4 is 0 Å². The fourth-order valence-corrected chi connectivity index (χ4v) is 2.45. The van der Waals surface area contributed by atoms with E-state index in [-0.39, 0.29) is 6.10 Å². The van der Waals surface area contributed by atoms with Crippen LogP contribution in [0, 0.1) is 0 Å². The summed E-state index contributed by atoms with van der Waals surface area (Å²) in [5, 5.41) is 7.27. The number of hydrogen-bond acceptors (Lipinski definition) is 5. The van der Waals surface area contributed by atoms with Crippen LogP contribution in [-0.4, -0.2) is 49.3 Å². The van der Waals surface area contributed by atoms with E-state index >= 15 is 0 Å². The number of morpholine rings is 1. The van der Waals surface area contributed by atoms with Crippen LogP contribution in [0.5, 0.6) is 0 Å². The van der Waals surface area contributed by atoms with Gasteiger partial charge in [-0.15, -0.1) is 0 Å². The Balaban J connectivity index is 1.66. The minimum atomic E-state index is -0.0426. The summed E-state index contributed by atoms with van der Waals surface area (Å²) in [7, 11) is 2.02. The molecule has 2 aromatic heterocycles. The Bertz CT molecular complexity index is 590. The molecule has 7 heteroatoms. The van der Waals surface area contributed by atoms with Gasteiger partial charge in [0.05, 0.1) is 13.2 Å². The first-order valence-corrected chi connectivity index (χ1v) is 7.36. The lowest BCUT2D eigenvalue weighted by Crippen LogP contribution is -2.38. The maximum absolute atomic E-state index is 5.83. The third-order valence-corrected chi connectivity index (χ3v) is 3.78. The minimum Gasteiger partial charge on any atom is -0.368 e. The van der Waals surface area contributed by atoms with E-state index in [1.165, 1.54) is 0 Å². The SMILES string of the molecule is CC(C)c1n[nH]c([C@H]2CN(Cc3nccn3C)CCO2)n1. The van der Waals surface area contributed by atoms with Crippen molar-refractivity contribution in [1.29, 1.82) is 0 Å². The lowest BCUT2D eigenvalue weighted by atomic mass is 10.2. The molecule has 3 rings (SSSR count). The fraction of sp³-hybridized carbons (Fsp3) is 0.643. The van der Waals surface area contributed by atoms with Crippen molar-refractivity contribution < 1.29 is 4.74 Å². The zero-order valence-electron chi connectivity index (χ0n) is 12.8. The summed E-state index contributed by atoms with van der Waals surface area (Å²) < 4.78 is 7.89. The zero-order chi connectivity index (χ0) is 14.8. The first-order valence-electron chi connectivity index (χ1n) is 7.36. The lowest BCUT2D eigenvalue weighted by molar-refractivity contribution is -0.0380. The predicted octanol–water partition coefficient (Wildman–Crippen LogP) is 1.24. The van der Waals surface area contributed by atoms with Crippen LogP contribution >= 0.6 is 0 Å². The smallest absolute Gasteiger partial charge is 0.155 e. The predicted molar refractivity (Wildman–Crippen MR) is 77.6 cm³/mol. The molecule has 1 atom stereocenters. The molecule has 1 aliphatic rings. The molecule has 0 spiro atoms. The Kier molecular flexibility index (Phi) is 4.03. The summed E-state index contributed by atoms with van der Waals surface area (Å²) >= 11 is 0. The largest absolute Gasteiger partial charge is 0.368 e. The van der Waals surface area contributed by atoms with E-state index in [0.717, 1.165) is 37.1 Å². The van der Waals surface area contributed by atoms with Gasteiger partial charge in [-0.2, -0.15) is 5.10 Å². The van der Waals surface area contributed by atoms with Gasteiger partial charge in [-0.3, -0.25) is 10.00 Å². The first kappa shape index (κ1) is 14.2. The average molecular weight is 290 g/mol. The monoisotopic (exact) mass is 290 g/mol. The van der Waals surface area contributed by atoms with Crippen LogP contribution in [0.4, 0.5) is 0 Å². The maximum Gasteiger partial charge on any atom is 0.155 e. The van der Waals surface area contributed by atoms with Gasteiger partial charge < -0.3 is 9.30 Å². The number of imidazole rings is 1. The van der Waals surface area contributed by atoms with Crippen molar-refractivity contribution in [3.63, 3.8) is 0 Å². The maximum atomic E-state index is 5.83. The third-order valence-electron chi connectivity index (χ3n) is 3.78. The Labute approximate surface area is 124 Å². The van der Waals surface area contributed by atoms with Crippen molar-refractivity contribution in [2.24, 2.45) is 7.05 Å². The highest BCUT2D eigenvalue weighted by Gasteiger charge is 2.25. The second-order valence-corrected chi connectivity index (χ2v) is 5.78. The quantitative estimate of drug-likeness (QED) is 0.917. The Morgan fingerprint density at radius 3 is 3.00 bits per heavy atom. The Hall–Kier alpha value is -1.73. The summed E-state index contributed by atoms with van der Waals surface area (Å²) in [5.74, 6) is 3.05. The van der Waals surface area contributed by atoms with Crippen LogP contribution in [-0.2, 0) is 18.3 Å². The van der Waals surface area contributed by atoms with E-state index in [2.05, 4.69) is 43.5 Å². The molecular weight excluding hydrogens is 268 g/mol. The number of rotatable bonds is 4. The lowest BCUT2D eigenvalue weighted by Gasteiger charge is -2.31. The van der Waals surface area contributed by atoms with Gasteiger partial charge in [0.25, 0.3) is 0 Å². The van der Waals surface area contributed by atoms with E-state index in [4.69, 9.17) is 4.74 Å². The van der Waals surface area contributed by atoms with E-state index in [0.29, 0.717) is 12.5 Å². The second kappa shape index (κ2) is 5.95. The van der Waals surface area contributed by atoms with Gasteiger partial charge in [0, 0.05) is 38.4 Å². The number of aromatic amines is 1. The van der Waals surface area contributed by atoms with Crippen molar-refractivity contribution in [2.45, 2.75) is 32.4 Å². The molecule has 1 N–H and O–H groups in total. The average Bonchev–Trinajstić information content (AvgIpc) is 3.09. The van der Waals surface area contributed by atoms with Crippen LogP contribution in [0.2, 0.25) is 0 Å². The van der Waals surface area contributed by atoms with Gasteiger partial charge in [-0.05, 0) is 0 Å². The number of H-pyrrole nitrogens is 1. The number of aryl methyl sites for hydroxylation is 1. The highest BCUT2D eigenvalue weighted by Crippen LogP contribution is 2.21. The van der Waals surface area contributed by atoms with Crippen molar-refractivity contribution in [3.8, 4) is 0 Å². The standard InChI is InChI=1S/C14H22N6O/c1-10(2)13-16-14(18-17-13)11-8-20(6-7-21-11)9-12-15-4-5-19(12)3/h4-5,10-11H,6-9H2,1-3H3,(H,16,17,18)/t11-/m1/s1. The minimum absolute atomic E-state index is 0.0426. The molecule has 0 saturated carbocycles. The fourth-order valence-electron chi connectivity index (χ4n) is 2.45. The van der Waals surface area contributed by atoms with Crippen LogP contribution in [0.15, 0.2) is 12.4 Å². The summed E-state index contributed by atoms with van der Waals surface area (Å²) in [6, 6.07) is 0. The second-order valence-electron chi connectivity index (χ2n) is 5.78. The molecule has 0 aliphatic carbocycles. The topological polar surface area (TPSA) is 71.9 Å². The summed E-state index contributed by atoms with van der Waals surface area (Å²) in [5.41, 5.74) is 0. The van der Waals surface area contributed by atoms with E-state index in [1.54, 1.807) is 0 Å². The Morgan fingerprint density at radius 1 is 1.48 bits per heavy atom. The summed E-state index contributed by atoms with van der Waals surface area (Å²) in [4.78, 5) is 11.3. The number of nitrogens with one attached hydrogen (secondary N) is 1. The van der Waals surface area contributed by atoms with Gasteiger partial charge in [0.2, 0.25) is 0 Å². The highest BCUT2D eigenvalue weighted by molar-refractivity contribution is 5.00. The van der Waals surface area contributed by atoms with E-state index < -0.39 is 0 Å². The van der Waals surface area contributed by atoms with Crippen molar-refractivity contribution in [1.82, 2.24) is 29.6 Å². The van der Waals surface area contributed by atoms with Crippen molar-refractivity contribution in [3.05, 3.63) is 29.9 Å². The van der Waals surface area contributed by atoms with Gasteiger partial charge in [-0.1, -0.05) is 13.8 Å². The molecule has 0 amide bonds. The van der Waals surface area contributed by atoms with Crippen molar-refractivity contribution >= 4 is 0 Å². The van der Waals surface area contributed by atoms with Crippen LogP contribution in [0.3, 0.4) is 0 Å². The molecule has 2 aromatic rings. The number of ether oxygens (including phenoxy) is 1. The van der Waals surface area contributed by atoms with Gasteiger partial charge >= 0.3 is 0 Å². The van der Waals surface area contributed by atoms with Gasteiger partial charge in [0.15, 0.2) is 11.6 Å². The molecule has 21 heavy (non-hydrogen) atoms. The van der Waals surface area contributed by atoms with Crippen molar-refractivity contribution in [2.75, 3.05) is 19.7 Å². The third kappa shape index (κ3) is 3.14. The molecule has 114 valence electrons. The number of hydrogen-bond donors (Lipinski definition) is 1.